The van der Waals surface area contributed by atoms with E-state index in [0.717, 1.165) is 35.1 Å². The zero-order valence-corrected chi connectivity index (χ0v) is 18.0. The van der Waals surface area contributed by atoms with Gasteiger partial charge >= 0.3 is 171 Å². The third-order valence-electron chi connectivity index (χ3n) is 5.56. The van der Waals surface area contributed by atoms with Crippen LogP contribution in [-0.2, 0) is 4.79 Å². The molecule has 0 aliphatic carbocycles. The van der Waals surface area contributed by atoms with Crippen molar-refractivity contribution in [1.82, 2.24) is 10.7 Å². The summed E-state index contributed by atoms with van der Waals surface area (Å²) >= 11 is -0.317. The first-order valence-corrected chi connectivity index (χ1v) is 11.9. The Morgan fingerprint density at radius 3 is 2.71 bits per heavy atom. The van der Waals surface area contributed by atoms with E-state index in [1.54, 1.807) is 0 Å². The van der Waals surface area contributed by atoms with Gasteiger partial charge in [-0.2, -0.15) is 0 Å². The van der Waals surface area contributed by atoms with Gasteiger partial charge in [0.1, 0.15) is 0 Å². The number of rotatable bonds is 3. The fourth-order valence-electron chi connectivity index (χ4n) is 3.77. The molecule has 3 aliphatic rings. The number of benzene rings is 2. The normalized spacial score (nSPS) is 21.5. The van der Waals surface area contributed by atoms with Crippen molar-refractivity contribution in [2.24, 2.45) is 5.10 Å². The van der Waals surface area contributed by atoms with E-state index in [9.17, 15) is 4.79 Å². The summed E-state index contributed by atoms with van der Waals surface area (Å²) in [5.41, 5.74) is 7.31. The predicted octanol–water partition coefficient (Wildman–Crippen LogP) is 1.15. The van der Waals surface area contributed by atoms with Crippen molar-refractivity contribution in [2.45, 2.75) is 24.6 Å². The molecule has 3 heterocycles. The van der Waals surface area contributed by atoms with Gasteiger partial charge in [0, 0.05) is 0 Å². The van der Waals surface area contributed by atoms with Gasteiger partial charge in [-0.25, -0.2) is 0 Å². The number of hydrogen-bond donors (Lipinski definition) is 2. The fraction of sp³-hybridized carbons (Fsp3) is 0.333. The number of ether oxygens (including phenoxy) is 1. The molecule has 2 unspecified atom stereocenters. The number of amidine groups is 1. The summed E-state index contributed by atoms with van der Waals surface area (Å²) in [7, 11) is 0. The second-order valence-electron chi connectivity index (χ2n) is 7.57. The topological polar surface area (TPSA) is 66.0 Å². The van der Waals surface area contributed by atoms with Crippen molar-refractivity contribution in [1.29, 1.82) is 0 Å². The molecule has 0 saturated carbocycles. The molecular weight excluding hydrogens is 415 g/mol. The monoisotopic (exact) mass is 438 g/mol. The number of anilines is 1. The first-order valence-electron chi connectivity index (χ1n) is 9.61. The molecule has 6 nitrogen and oxygen atoms in total. The number of nitrogens with one attached hydrogen (secondary N) is 2. The van der Waals surface area contributed by atoms with E-state index < -0.39 is 0 Å². The number of aryl methyl sites for hydroxylation is 1. The molecule has 0 bridgehead atoms. The van der Waals surface area contributed by atoms with Crippen molar-refractivity contribution < 1.29 is 9.53 Å². The van der Waals surface area contributed by atoms with E-state index in [0.29, 0.717) is 6.61 Å². The summed E-state index contributed by atoms with van der Waals surface area (Å²) in [6.45, 7) is 6.61. The van der Waals surface area contributed by atoms with Crippen LogP contribution in [0.5, 0.6) is 5.75 Å². The summed E-state index contributed by atoms with van der Waals surface area (Å²) in [6, 6.07) is 12.8. The number of hydrogen-bond acceptors (Lipinski definition) is 5. The van der Waals surface area contributed by atoms with Crippen LogP contribution in [0.3, 0.4) is 0 Å². The summed E-state index contributed by atoms with van der Waals surface area (Å²) in [5, 5.41) is 7.60. The van der Waals surface area contributed by atoms with E-state index >= 15 is 0 Å². The first-order chi connectivity index (χ1) is 13.6. The van der Waals surface area contributed by atoms with Gasteiger partial charge < -0.3 is 0 Å². The molecule has 2 N–H and O–H groups in total. The summed E-state index contributed by atoms with van der Waals surface area (Å²) in [5.74, 6) is 1.51. The van der Waals surface area contributed by atoms with Crippen LogP contribution < -0.4 is 24.7 Å². The molecule has 1 fully saturated rings. The van der Waals surface area contributed by atoms with Crippen LogP contribution in [0, 0.1) is 6.92 Å². The first kappa shape index (κ1) is 17.8. The van der Waals surface area contributed by atoms with Gasteiger partial charge in [-0.1, -0.05) is 0 Å². The van der Waals surface area contributed by atoms with Crippen LogP contribution in [0.2, 0.25) is 4.71 Å². The quantitative estimate of drug-likeness (QED) is 0.706. The number of carbonyl (C=O) groups excluding carboxylic acids is 1. The van der Waals surface area contributed by atoms with E-state index in [4.69, 9.17) is 4.74 Å². The Morgan fingerprint density at radius 2 is 2.00 bits per heavy atom. The van der Waals surface area contributed by atoms with Crippen LogP contribution >= 0.6 is 0 Å². The van der Waals surface area contributed by atoms with Crippen LogP contribution in [0.1, 0.15) is 12.5 Å². The molecule has 7 heteroatoms. The average molecular weight is 438 g/mol. The van der Waals surface area contributed by atoms with Crippen LogP contribution in [0.15, 0.2) is 41.5 Å². The Kier molecular flexibility index (Phi) is 4.41. The minimum absolute atomic E-state index is 0.0834. The van der Waals surface area contributed by atoms with Gasteiger partial charge in [-0.3, -0.25) is 0 Å². The van der Waals surface area contributed by atoms with E-state index in [2.05, 4.69) is 59.2 Å². The van der Waals surface area contributed by atoms with Gasteiger partial charge in [0.15, 0.2) is 0 Å². The number of amides is 1. The maximum absolute atomic E-state index is 12.2. The third-order valence-corrected chi connectivity index (χ3v) is 8.79. The van der Waals surface area contributed by atoms with E-state index in [1.165, 1.54) is 21.0 Å². The summed E-state index contributed by atoms with van der Waals surface area (Å²) in [4.78, 5) is 14.2. The van der Waals surface area contributed by atoms with Gasteiger partial charge in [0.25, 0.3) is 0 Å². The minimum atomic E-state index is -0.317. The third kappa shape index (κ3) is 3.01. The Hall–Kier alpha value is -2.30. The van der Waals surface area contributed by atoms with Gasteiger partial charge in [-0.15, -0.1) is 0 Å². The number of hydrazone groups is 1. The Bertz CT molecular complexity index is 969. The van der Waals surface area contributed by atoms with Crippen LogP contribution in [0.4, 0.5) is 5.69 Å². The standard InChI is InChI=1S/C21H23AsN4O2/c1-12-3-5-14(6-4-12)16-7-19-18(8-17(16)22-15-9-23-10-15)26-13(2)21(27)25-24-20(26)11-28-19/h3-8,13,15,22-23H,9-11H2,1-2H3,(H,25,27). The molecule has 28 heavy (non-hydrogen) atoms. The second-order valence-corrected chi connectivity index (χ2v) is 11.0. The fourth-order valence-corrected chi connectivity index (χ4v) is 6.97. The molecule has 2 aromatic carbocycles. The molecule has 2 aromatic rings. The molecule has 144 valence electrons. The molecule has 1 saturated heterocycles. The Balaban J connectivity index is 1.63. The number of fused-ring (bicyclic) bond motifs is 3. The van der Waals surface area contributed by atoms with Crippen LogP contribution in [-0.4, -0.2) is 53.2 Å². The Morgan fingerprint density at radius 1 is 1.21 bits per heavy atom. The SMILES string of the molecule is Cc1ccc(-c2cc3c(cc2[AsH]C2CNC2)N2C(=NNC(=O)C2C)CO3)cc1. The second kappa shape index (κ2) is 6.94. The zero-order chi connectivity index (χ0) is 19.3. The maximum atomic E-state index is 12.2. The van der Waals surface area contributed by atoms with E-state index in [1.807, 2.05) is 11.8 Å². The molecule has 0 spiro atoms. The predicted molar refractivity (Wildman–Crippen MR) is 113 cm³/mol. The van der Waals surface area contributed by atoms with Gasteiger partial charge in [0.05, 0.1) is 0 Å². The van der Waals surface area contributed by atoms with Gasteiger partial charge in [-0.05, 0) is 0 Å². The van der Waals surface area contributed by atoms with Crippen LogP contribution in [0.25, 0.3) is 11.1 Å². The molecule has 2 atom stereocenters. The summed E-state index contributed by atoms with van der Waals surface area (Å²) < 4.78 is 8.22. The van der Waals surface area contributed by atoms with E-state index in [-0.39, 0.29) is 27.7 Å². The Labute approximate surface area is 171 Å². The summed E-state index contributed by atoms with van der Waals surface area (Å²) in [6.07, 6.45) is 0. The van der Waals surface area contributed by atoms with Crippen molar-refractivity contribution in [3.8, 4) is 16.9 Å². The molecular formula is C21H23AsN4O2. The average Bonchev–Trinajstić information content (AvgIpc) is 2.67. The number of nitrogens with zero attached hydrogens (tertiary/aromatic N) is 2. The number of carbonyl (C=O) groups is 1. The molecule has 3 aliphatic heterocycles. The van der Waals surface area contributed by atoms with Crippen molar-refractivity contribution in [3.63, 3.8) is 0 Å². The van der Waals surface area contributed by atoms with Crippen molar-refractivity contribution >= 4 is 37.5 Å². The van der Waals surface area contributed by atoms with Crippen molar-refractivity contribution in [3.05, 3.63) is 42.0 Å². The molecule has 1 amide bonds. The van der Waals surface area contributed by atoms with Gasteiger partial charge in [0.2, 0.25) is 0 Å². The molecule has 0 aromatic heterocycles. The van der Waals surface area contributed by atoms with Crippen molar-refractivity contribution in [2.75, 3.05) is 24.6 Å². The molecule has 5 rings (SSSR count). The molecule has 0 radical (unpaired) electrons. The zero-order valence-electron chi connectivity index (χ0n) is 16.0.